The van der Waals surface area contributed by atoms with Crippen molar-refractivity contribution < 1.29 is 23.7 Å². The van der Waals surface area contributed by atoms with Gasteiger partial charge in [0.25, 0.3) is 0 Å². The highest BCUT2D eigenvalue weighted by Gasteiger charge is 2.31. The van der Waals surface area contributed by atoms with Crippen LogP contribution in [0, 0.1) is 25.2 Å². The van der Waals surface area contributed by atoms with Crippen molar-refractivity contribution in [3.05, 3.63) is 93.3 Å². The van der Waals surface area contributed by atoms with Gasteiger partial charge in [0.05, 0.1) is 12.5 Å². The topological polar surface area (TPSA) is 104 Å². The van der Waals surface area contributed by atoms with Crippen molar-refractivity contribution in [3.63, 3.8) is 0 Å². The van der Waals surface area contributed by atoms with Crippen LogP contribution >= 0.6 is 11.6 Å². The summed E-state index contributed by atoms with van der Waals surface area (Å²) in [6.07, 6.45) is 3.19. The van der Waals surface area contributed by atoms with E-state index in [1.54, 1.807) is 30.3 Å². The second kappa shape index (κ2) is 12.6. The third-order valence-electron chi connectivity index (χ3n) is 6.40. The lowest BCUT2D eigenvalue weighted by molar-refractivity contribution is -0.136. The van der Waals surface area contributed by atoms with Gasteiger partial charge in [-0.15, -0.1) is 0 Å². The number of nitriles is 1. The van der Waals surface area contributed by atoms with Gasteiger partial charge in [0.1, 0.15) is 34.6 Å². The molecule has 0 aromatic heterocycles. The lowest BCUT2D eigenvalue weighted by Crippen LogP contribution is -2.21. The van der Waals surface area contributed by atoms with Crippen molar-refractivity contribution >= 4 is 17.6 Å². The largest absolute Gasteiger partial charge is 0.494 e. The average molecular weight is 547 g/mol. The van der Waals surface area contributed by atoms with Gasteiger partial charge in [0.15, 0.2) is 6.61 Å². The Balaban J connectivity index is 1.51. The molecule has 3 aromatic rings. The summed E-state index contributed by atoms with van der Waals surface area (Å²) in [6, 6.07) is 18.4. The monoisotopic (exact) mass is 546 g/mol. The maximum Gasteiger partial charge on any atom is 0.349 e. The number of carbonyl (C=O) groups is 1. The zero-order chi connectivity index (χ0) is 27.9. The van der Waals surface area contributed by atoms with Gasteiger partial charge in [-0.2, -0.15) is 5.26 Å². The standard InChI is InChI=1S/C31H31ClN2O5/c1-4-5-6-12-36-22-9-7-8-21(15-22)29-25-11-10-23(16-27(25)39-31(34)26(29)17-33)38-28(35)18-37-24-13-19(2)30(32)20(3)14-24/h7-11,13-16,29H,4-6,12,18,34H2,1-3H3. The average Bonchev–Trinajstić information content (AvgIpc) is 2.92. The molecule has 2 N–H and O–H groups in total. The molecule has 3 aromatic carbocycles. The number of allylic oxidation sites excluding steroid dienone is 1. The molecule has 0 saturated heterocycles. The van der Waals surface area contributed by atoms with Crippen LogP contribution in [0.15, 0.2) is 66.1 Å². The van der Waals surface area contributed by atoms with Gasteiger partial charge < -0.3 is 24.7 Å². The van der Waals surface area contributed by atoms with Crippen LogP contribution in [0.5, 0.6) is 23.0 Å². The summed E-state index contributed by atoms with van der Waals surface area (Å²) in [5.74, 6) is 0.894. The number of rotatable bonds is 10. The first-order valence-corrected chi connectivity index (χ1v) is 13.2. The molecule has 0 radical (unpaired) electrons. The molecule has 0 spiro atoms. The Kier molecular flexibility index (Phi) is 9.00. The molecule has 1 unspecified atom stereocenters. The number of esters is 1. The smallest absolute Gasteiger partial charge is 0.349 e. The van der Waals surface area contributed by atoms with E-state index in [9.17, 15) is 10.1 Å². The van der Waals surface area contributed by atoms with Crippen LogP contribution < -0.4 is 24.7 Å². The highest BCUT2D eigenvalue weighted by atomic mass is 35.5. The molecule has 0 bridgehead atoms. The van der Waals surface area contributed by atoms with Gasteiger partial charge in [-0.05, 0) is 67.3 Å². The molecule has 0 fully saturated rings. The van der Waals surface area contributed by atoms with Crippen LogP contribution in [0.25, 0.3) is 0 Å². The summed E-state index contributed by atoms with van der Waals surface area (Å²) >= 11 is 6.20. The SMILES string of the molecule is CCCCCOc1cccc(C2C(C#N)=C(N)Oc3cc(OC(=O)COc4cc(C)c(Cl)c(C)c4)ccc32)c1. The maximum atomic E-state index is 12.5. The number of halogens is 1. The number of benzene rings is 3. The fourth-order valence-electron chi connectivity index (χ4n) is 4.46. The zero-order valence-corrected chi connectivity index (χ0v) is 23.0. The van der Waals surface area contributed by atoms with E-state index in [-0.39, 0.29) is 18.2 Å². The highest BCUT2D eigenvalue weighted by Crippen LogP contribution is 2.44. The van der Waals surface area contributed by atoms with Crippen LogP contribution in [-0.2, 0) is 4.79 Å². The van der Waals surface area contributed by atoms with E-state index < -0.39 is 11.9 Å². The van der Waals surface area contributed by atoms with E-state index in [1.165, 1.54) is 0 Å². The molecule has 202 valence electrons. The fourth-order valence-corrected chi connectivity index (χ4v) is 4.57. The number of carbonyl (C=O) groups excluding carboxylic acids is 1. The number of unbranched alkanes of at least 4 members (excludes halogenated alkanes) is 2. The fraction of sp³-hybridized carbons (Fsp3) is 0.290. The Morgan fingerprint density at radius 1 is 1.03 bits per heavy atom. The van der Waals surface area contributed by atoms with Crippen molar-refractivity contribution in [2.24, 2.45) is 5.73 Å². The van der Waals surface area contributed by atoms with Crippen molar-refractivity contribution in [1.82, 2.24) is 0 Å². The summed E-state index contributed by atoms with van der Waals surface area (Å²) < 4.78 is 22.8. The van der Waals surface area contributed by atoms with E-state index in [0.29, 0.717) is 28.7 Å². The third kappa shape index (κ3) is 6.65. The molecule has 7 nitrogen and oxygen atoms in total. The van der Waals surface area contributed by atoms with Crippen molar-refractivity contribution in [2.75, 3.05) is 13.2 Å². The number of hydrogen-bond donors (Lipinski definition) is 1. The molecule has 0 amide bonds. The number of nitrogens with two attached hydrogens (primary N) is 1. The Morgan fingerprint density at radius 2 is 1.79 bits per heavy atom. The number of nitrogens with zero attached hydrogens (tertiary/aromatic N) is 1. The van der Waals surface area contributed by atoms with Crippen LogP contribution in [0.3, 0.4) is 0 Å². The summed E-state index contributed by atoms with van der Waals surface area (Å²) in [4.78, 5) is 12.5. The van der Waals surface area contributed by atoms with E-state index in [4.69, 9.17) is 36.3 Å². The predicted octanol–water partition coefficient (Wildman–Crippen LogP) is 6.73. The first-order chi connectivity index (χ1) is 18.8. The third-order valence-corrected chi connectivity index (χ3v) is 6.99. The van der Waals surface area contributed by atoms with Gasteiger partial charge in [-0.25, -0.2) is 4.79 Å². The molecule has 8 heteroatoms. The molecule has 0 aliphatic carbocycles. The Labute approximate surface area is 233 Å². The van der Waals surface area contributed by atoms with E-state index >= 15 is 0 Å². The minimum atomic E-state index is -0.582. The maximum absolute atomic E-state index is 12.5. The number of fused-ring (bicyclic) bond motifs is 1. The van der Waals surface area contributed by atoms with Crippen molar-refractivity contribution in [3.8, 4) is 29.1 Å². The second-order valence-corrected chi connectivity index (χ2v) is 9.76. The molecular formula is C31H31ClN2O5. The summed E-state index contributed by atoms with van der Waals surface area (Å²) in [6.45, 7) is 6.23. The predicted molar refractivity (Wildman–Crippen MR) is 149 cm³/mol. The van der Waals surface area contributed by atoms with Crippen molar-refractivity contribution in [1.29, 1.82) is 5.26 Å². The van der Waals surface area contributed by atoms with E-state index in [2.05, 4.69) is 13.0 Å². The Bertz CT molecular complexity index is 1420. The number of ether oxygens (including phenoxy) is 4. The molecule has 1 aliphatic rings. The number of hydrogen-bond acceptors (Lipinski definition) is 7. The van der Waals surface area contributed by atoms with Gasteiger partial charge in [0.2, 0.25) is 5.88 Å². The molecule has 1 atom stereocenters. The molecular weight excluding hydrogens is 516 g/mol. The number of aryl methyl sites for hydroxylation is 2. The first-order valence-electron chi connectivity index (χ1n) is 12.8. The van der Waals surface area contributed by atoms with Crippen molar-refractivity contribution in [2.45, 2.75) is 46.0 Å². The van der Waals surface area contributed by atoms with Gasteiger partial charge in [0, 0.05) is 16.7 Å². The van der Waals surface area contributed by atoms with Crippen LogP contribution in [0.2, 0.25) is 5.02 Å². The Morgan fingerprint density at radius 3 is 2.51 bits per heavy atom. The minimum absolute atomic E-state index is 0.00422. The van der Waals surface area contributed by atoms with E-state index in [1.807, 2.05) is 38.1 Å². The molecule has 1 aliphatic heterocycles. The summed E-state index contributed by atoms with van der Waals surface area (Å²) in [7, 11) is 0. The van der Waals surface area contributed by atoms with Crippen LogP contribution in [0.4, 0.5) is 0 Å². The van der Waals surface area contributed by atoms with E-state index in [0.717, 1.165) is 47.3 Å². The lowest BCUT2D eigenvalue weighted by Gasteiger charge is -2.27. The lowest BCUT2D eigenvalue weighted by atomic mass is 9.83. The second-order valence-electron chi connectivity index (χ2n) is 9.39. The van der Waals surface area contributed by atoms with Gasteiger partial charge >= 0.3 is 5.97 Å². The normalized spacial score (nSPS) is 14.2. The molecule has 4 rings (SSSR count). The van der Waals surface area contributed by atoms with Gasteiger partial charge in [-0.3, -0.25) is 0 Å². The summed E-state index contributed by atoms with van der Waals surface area (Å²) in [5, 5.41) is 10.5. The minimum Gasteiger partial charge on any atom is -0.494 e. The van der Waals surface area contributed by atoms with Crippen LogP contribution in [-0.4, -0.2) is 19.2 Å². The quantitative estimate of drug-likeness (QED) is 0.171. The zero-order valence-electron chi connectivity index (χ0n) is 22.3. The van der Waals surface area contributed by atoms with Crippen LogP contribution in [0.1, 0.15) is 54.4 Å². The molecule has 0 saturated carbocycles. The Hall–Kier alpha value is -4.15. The molecule has 39 heavy (non-hydrogen) atoms. The summed E-state index contributed by atoms with van der Waals surface area (Å²) in [5.41, 5.74) is 9.74. The molecule has 1 heterocycles. The van der Waals surface area contributed by atoms with Gasteiger partial charge in [-0.1, -0.05) is 49.6 Å². The first kappa shape index (κ1) is 27.9. The highest BCUT2D eigenvalue weighted by molar-refractivity contribution is 6.32.